The molecule has 4 aliphatic rings. The first-order valence-electron chi connectivity index (χ1n) is 31.7. The van der Waals surface area contributed by atoms with Crippen molar-refractivity contribution in [2.24, 2.45) is 0 Å². The Balaban J connectivity index is 0.000000255. The van der Waals surface area contributed by atoms with Crippen LogP contribution in [0.25, 0.3) is 22.3 Å². The molecule has 5 N–H and O–H groups in total. The smallest absolute Gasteiger partial charge is 0.335 e. The summed E-state index contributed by atoms with van der Waals surface area (Å²) in [6.07, 6.45) is 2.77. The van der Waals surface area contributed by atoms with E-state index in [4.69, 9.17) is 35.4 Å². The minimum atomic E-state index is -3.10. The van der Waals surface area contributed by atoms with Crippen LogP contribution in [0.15, 0.2) is 98.6 Å². The number of nitrogens with one attached hydrogen (secondary N) is 2. The predicted octanol–water partition coefficient (Wildman–Crippen LogP) is 12.6. The number of anilines is 2. The van der Waals surface area contributed by atoms with Crippen molar-refractivity contribution in [2.45, 2.75) is 231 Å². The third-order valence-corrected chi connectivity index (χ3v) is 39.0. The Morgan fingerprint density at radius 1 is 0.554 bits per heavy atom. The molecule has 6 aromatic rings. The minimum absolute atomic E-state index is 0. The quantitative estimate of drug-likeness (QED) is 0.0395. The van der Waals surface area contributed by atoms with Crippen LogP contribution in [-0.4, -0.2) is 156 Å². The van der Waals surface area contributed by atoms with E-state index in [0.29, 0.717) is 33.5 Å². The van der Waals surface area contributed by atoms with Crippen LogP contribution in [0, 0.1) is 0 Å². The first-order chi connectivity index (χ1) is 42.6. The largest absolute Gasteiger partial charge is 0.414 e. The third-order valence-electron chi connectivity index (χ3n) is 18.5. The molecule has 0 saturated carbocycles. The lowest BCUT2D eigenvalue weighted by molar-refractivity contribution is -0.116. The molecule has 0 radical (unpaired) electrons. The van der Waals surface area contributed by atoms with Gasteiger partial charge in [0.2, 0.25) is 0 Å². The number of carbonyl (C=O) groups is 2. The molecule has 0 bridgehead atoms. The van der Waals surface area contributed by atoms with Gasteiger partial charge in [0.15, 0.2) is 46.4 Å². The second kappa shape index (κ2) is 29.3. The summed E-state index contributed by atoms with van der Waals surface area (Å²) in [5.74, 6) is -0.172. The number of imidazole rings is 2. The molecule has 4 fully saturated rings. The van der Waals surface area contributed by atoms with Crippen molar-refractivity contribution in [1.82, 2.24) is 39.0 Å². The SMILES string of the molecule is C.C.C=CC[C@]1(O)C(n2cnc3c(NC(=O)c4ccccc4)ncnc32)O[C@@H]2CO[Si](C(C)C)(C(C)C)O[Si](C(C)C)(C(C)C)O[C@H]21.CC(C)[Si]1(C(C)C)OC[C@H]2OC(n3cnc4c(NC(=O)c5ccccc5)ncnc43)[C@@](O)(CCO)[C@@H]2O[Si](C(C)C)(C(C)C)O1. The van der Waals surface area contributed by atoms with Crippen LogP contribution in [-0.2, 0) is 35.4 Å². The van der Waals surface area contributed by atoms with Crippen molar-refractivity contribution in [2.75, 3.05) is 30.5 Å². The van der Waals surface area contributed by atoms with Gasteiger partial charge in [0.05, 0.1) is 25.9 Å². The first-order valence-corrected chi connectivity index (χ1v) is 39.6. The molecule has 8 atom stereocenters. The molecule has 4 saturated heterocycles. The monoisotopic (exact) mass is 1340 g/mol. The van der Waals surface area contributed by atoms with E-state index in [9.17, 15) is 24.9 Å². The number of nitrogens with zero attached hydrogens (tertiary/aromatic N) is 8. The van der Waals surface area contributed by atoms with Crippen molar-refractivity contribution >= 4 is 80.0 Å². The predicted molar refractivity (Wildman–Crippen MR) is 365 cm³/mol. The number of amides is 2. The Labute approximate surface area is 547 Å². The molecular formula is C65H102N10O13Si4. The van der Waals surface area contributed by atoms with Gasteiger partial charge in [-0.15, -0.1) is 6.58 Å². The van der Waals surface area contributed by atoms with Crippen LogP contribution < -0.4 is 10.6 Å². The number of aliphatic hydroxyl groups excluding tert-OH is 1. The second-order valence-corrected chi connectivity index (χ2v) is 44.5. The van der Waals surface area contributed by atoms with E-state index in [0.717, 1.165) is 0 Å². The molecule has 0 spiro atoms. The molecule has 506 valence electrons. The zero-order chi connectivity index (χ0) is 65.5. The molecule has 4 aliphatic heterocycles. The highest BCUT2D eigenvalue weighted by atomic mass is 28.5. The zero-order valence-corrected chi connectivity index (χ0v) is 59.0. The number of carbonyl (C=O) groups excluding carboxylic acids is 2. The van der Waals surface area contributed by atoms with Crippen LogP contribution in [0.2, 0.25) is 44.3 Å². The van der Waals surface area contributed by atoms with Crippen LogP contribution in [0.4, 0.5) is 11.6 Å². The number of fused-ring (bicyclic) bond motifs is 4. The molecule has 92 heavy (non-hydrogen) atoms. The highest BCUT2D eigenvalue weighted by Gasteiger charge is 2.68. The van der Waals surface area contributed by atoms with Gasteiger partial charge in [0.25, 0.3) is 11.8 Å². The van der Waals surface area contributed by atoms with E-state index >= 15 is 0 Å². The maximum Gasteiger partial charge on any atom is 0.335 e. The summed E-state index contributed by atoms with van der Waals surface area (Å²) in [6.45, 7) is 38.4. The van der Waals surface area contributed by atoms with Crippen molar-refractivity contribution in [3.8, 4) is 0 Å². The van der Waals surface area contributed by atoms with Gasteiger partial charge in [-0.25, -0.2) is 29.9 Å². The maximum atomic E-state index is 12.9. The molecule has 0 aliphatic carbocycles. The van der Waals surface area contributed by atoms with Gasteiger partial charge >= 0.3 is 34.2 Å². The summed E-state index contributed by atoms with van der Waals surface area (Å²) in [7, 11) is -11.8. The van der Waals surface area contributed by atoms with E-state index in [1.807, 2.05) is 12.1 Å². The summed E-state index contributed by atoms with van der Waals surface area (Å²) in [5, 5.41) is 41.1. The summed E-state index contributed by atoms with van der Waals surface area (Å²) in [5.41, 5.74) is 0.0605. The Morgan fingerprint density at radius 3 is 1.24 bits per heavy atom. The zero-order valence-electron chi connectivity index (χ0n) is 55.0. The number of ether oxygens (including phenoxy) is 2. The maximum absolute atomic E-state index is 12.9. The fourth-order valence-electron chi connectivity index (χ4n) is 13.8. The minimum Gasteiger partial charge on any atom is -0.414 e. The molecule has 4 aromatic heterocycles. The first kappa shape index (κ1) is 74.0. The van der Waals surface area contributed by atoms with E-state index in [2.05, 4.69) is 158 Å². The lowest BCUT2D eigenvalue weighted by atomic mass is 9.90. The number of rotatable bonds is 18. The average Bonchev–Trinajstić information content (AvgIpc) is 1.55. The molecule has 8 heterocycles. The van der Waals surface area contributed by atoms with E-state index in [-0.39, 0.29) is 115 Å². The summed E-state index contributed by atoms with van der Waals surface area (Å²) in [4.78, 5) is 52.5. The number of hydrogen-bond acceptors (Lipinski definition) is 19. The van der Waals surface area contributed by atoms with Crippen molar-refractivity contribution in [3.05, 3.63) is 110 Å². The second-order valence-electron chi connectivity index (χ2n) is 26.8. The summed E-state index contributed by atoms with van der Waals surface area (Å²) in [6, 6.07) is 17.7. The summed E-state index contributed by atoms with van der Waals surface area (Å²) < 4.78 is 59.6. The lowest BCUT2D eigenvalue weighted by Crippen LogP contribution is -2.67. The number of aliphatic hydroxyl groups is 3. The van der Waals surface area contributed by atoms with Crippen LogP contribution in [0.1, 0.15) is 172 Å². The Morgan fingerprint density at radius 2 is 0.902 bits per heavy atom. The molecule has 10 rings (SSSR count). The van der Waals surface area contributed by atoms with Crippen LogP contribution in [0.5, 0.6) is 0 Å². The lowest BCUT2D eigenvalue weighted by Gasteiger charge is -2.52. The normalized spacial score (nSPS) is 25.8. The number of aromatic nitrogens is 8. The fraction of sp³-hybridized carbons (Fsp3) is 0.600. The third kappa shape index (κ3) is 13.3. The van der Waals surface area contributed by atoms with Crippen molar-refractivity contribution in [3.63, 3.8) is 0 Å². The molecule has 2 unspecified atom stereocenters. The fourth-order valence-corrected chi connectivity index (χ4v) is 36.3. The molecule has 2 amide bonds. The Hall–Kier alpha value is -5.35. The molecular weight excluding hydrogens is 1240 g/mol. The van der Waals surface area contributed by atoms with Gasteiger partial charge in [-0.3, -0.25) is 18.7 Å². The van der Waals surface area contributed by atoms with E-state index in [1.54, 1.807) is 70.1 Å². The van der Waals surface area contributed by atoms with Gasteiger partial charge < -0.3 is 61.4 Å². The van der Waals surface area contributed by atoms with Crippen molar-refractivity contribution in [1.29, 1.82) is 0 Å². The van der Waals surface area contributed by atoms with Gasteiger partial charge in [-0.1, -0.05) is 168 Å². The van der Waals surface area contributed by atoms with Gasteiger partial charge in [0.1, 0.15) is 48.3 Å². The van der Waals surface area contributed by atoms with E-state index in [1.165, 1.54) is 19.0 Å². The molecule has 2 aromatic carbocycles. The van der Waals surface area contributed by atoms with Gasteiger partial charge in [-0.2, -0.15) is 0 Å². The Kier molecular flexibility index (Phi) is 23.6. The van der Waals surface area contributed by atoms with Crippen LogP contribution in [0.3, 0.4) is 0 Å². The van der Waals surface area contributed by atoms with Gasteiger partial charge in [0, 0.05) is 30.6 Å². The molecule has 27 heteroatoms. The number of benzene rings is 2. The standard InChI is InChI=1S/C32H47N5O6Si2.C31H47N5O7Si2.2CH4/c1-10-16-32(39)27-25(17-40-44(20(2)3,21(4)5)43-45(42-27,22(6)7)23(8)9)41-31(32)37-19-35-26-28(33-18-34-29(26)37)36-30(38)24-14-12-11-13-15-24;1-19(2)44(20(3)4)40-16-24-26(42-45(43-44,21(5)6)22(7)8)31(39,14-15-37)30(41-24)36-18-34-25-27(32-17-33-28(25)36)35-29(38)23-12-10-9-11-13-23;;/h10-15,18-23,25,27,31,39H,1,16-17H2,2-9H3,(H,33,34,36,38);9-13,17-22,24,26,30,37,39H,14-16H2,1-8H3,(H,32,33,35,38);2*1H4/t25-,27-,31?,32-;24-,26-,30?,31-;;/m11../s1. The highest BCUT2D eigenvalue weighted by Crippen LogP contribution is 2.54. The number of hydrogen-bond donors (Lipinski definition) is 5. The summed E-state index contributed by atoms with van der Waals surface area (Å²) >= 11 is 0. The van der Waals surface area contributed by atoms with E-state index < -0.39 is 82.3 Å². The highest BCUT2D eigenvalue weighted by molar-refractivity contribution is 6.84. The average molecular weight is 1340 g/mol. The Bertz CT molecular complexity index is 3420. The van der Waals surface area contributed by atoms with Crippen molar-refractivity contribution < 1.29 is 60.3 Å². The topological polar surface area (TPSA) is 280 Å². The van der Waals surface area contributed by atoms with Crippen LogP contribution >= 0.6 is 0 Å². The molecule has 23 nitrogen and oxygen atoms in total. The van der Waals surface area contributed by atoms with Gasteiger partial charge in [-0.05, 0) is 68.6 Å².